The smallest absolute Gasteiger partial charge is 0.244 e. The number of carbonyl (C=O) groups is 1. The fourth-order valence-corrected chi connectivity index (χ4v) is 2.83. The highest BCUT2D eigenvalue weighted by molar-refractivity contribution is 6.32. The number of nitrogens with one attached hydrogen (secondary N) is 1. The second kappa shape index (κ2) is 7.66. The third kappa shape index (κ3) is 3.91. The number of hydrogen-bond acceptors (Lipinski definition) is 4. The van der Waals surface area contributed by atoms with E-state index in [1.54, 1.807) is 31.2 Å². The monoisotopic (exact) mass is 377 g/mol. The van der Waals surface area contributed by atoms with E-state index in [4.69, 9.17) is 25.8 Å². The number of ether oxygens (including phenoxy) is 3. The van der Waals surface area contributed by atoms with Crippen molar-refractivity contribution in [1.29, 1.82) is 0 Å². The molecule has 2 aromatic carbocycles. The Hall–Kier alpha value is -2.73. The van der Waals surface area contributed by atoms with E-state index >= 15 is 0 Å². The maximum absolute atomic E-state index is 13.8. The van der Waals surface area contributed by atoms with Gasteiger partial charge in [0.25, 0.3) is 0 Å². The normalized spacial score (nSPS) is 13.7. The first kappa shape index (κ1) is 18.1. The van der Waals surface area contributed by atoms with Crippen molar-refractivity contribution >= 4 is 23.6 Å². The molecule has 1 N–H and O–H groups in total. The molecule has 0 fully saturated rings. The Labute approximate surface area is 155 Å². The lowest BCUT2D eigenvalue weighted by Gasteiger charge is -2.14. The summed E-state index contributed by atoms with van der Waals surface area (Å²) < 4.78 is 29.2. The summed E-state index contributed by atoms with van der Waals surface area (Å²) in [6, 6.07) is 7.62. The van der Waals surface area contributed by atoms with Crippen LogP contribution in [0.25, 0.3) is 6.08 Å². The van der Waals surface area contributed by atoms with Gasteiger partial charge < -0.3 is 19.5 Å². The van der Waals surface area contributed by atoms with E-state index in [0.29, 0.717) is 27.6 Å². The van der Waals surface area contributed by atoms with E-state index in [1.165, 1.54) is 25.3 Å². The molecule has 0 spiro atoms. The summed E-state index contributed by atoms with van der Waals surface area (Å²) in [5, 5.41) is 3.19. The molecular formula is C19H17ClFNO4. The minimum Gasteiger partial charge on any atom is -0.494 e. The lowest BCUT2D eigenvalue weighted by Crippen LogP contribution is -2.24. The van der Waals surface area contributed by atoms with Gasteiger partial charge in [0.2, 0.25) is 12.7 Å². The van der Waals surface area contributed by atoms with Crippen LogP contribution in [0.2, 0.25) is 5.02 Å². The Kier molecular flexibility index (Phi) is 5.32. The Morgan fingerprint density at radius 2 is 2.15 bits per heavy atom. The first-order valence-electron chi connectivity index (χ1n) is 7.89. The van der Waals surface area contributed by atoms with Crippen LogP contribution >= 0.6 is 11.6 Å². The van der Waals surface area contributed by atoms with Crippen molar-refractivity contribution in [2.24, 2.45) is 0 Å². The van der Waals surface area contributed by atoms with Crippen molar-refractivity contribution in [3.05, 3.63) is 58.4 Å². The van der Waals surface area contributed by atoms with Gasteiger partial charge in [0.05, 0.1) is 18.2 Å². The van der Waals surface area contributed by atoms with Gasteiger partial charge in [-0.3, -0.25) is 4.79 Å². The van der Waals surface area contributed by atoms with E-state index in [1.807, 2.05) is 0 Å². The number of hydrogen-bond donors (Lipinski definition) is 1. The Morgan fingerprint density at radius 3 is 2.88 bits per heavy atom. The van der Waals surface area contributed by atoms with Crippen LogP contribution in [0.5, 0.6) is 17.2 Å². The molecule has 3 rings (SSSR count). The number of methoxy groups -OCH3 is 1. The number of rotatable bonds is 5. The fraction of sp³-hybridized carbons (Fsp3) is 0.211. The molecule has 0 unspecified atom stereocenters. The molecule has 0 saturated carbocycles. The van der Waals surface area contributed by atoms with E-state index in [9.17, 15) is 9.18 Å². The van der Waals surface area contributed by atoms with Gasteiger partial charge in [0.1, 0.15) is 0 Å². The zero-order valence-electron chi connectivity index (χ0n) is 14.2. The van der Waals surface area contributed by atoms with E-state index in [0.717, 1.165) is 0 Å². The van der Waals surface area contributed by atoms with Gasteiger partial charge >= 0.3 is 0 Å². The van der Waals surface area contributed by atoms with Crippen LogP contribution in [-0.4, -0.2) is 19.8 Å². The number of halogens is 2. The first-order valence-corrected chi connectivity index (χ1v) is 8.27. The quantitative estimate of drug-likeness (QED) is 0.797. The molecule has 0 saturated heterocycles. The third-order valence-corrected chi connectivity index (χ3v) is 4.19. The molecular weight excluding hydrogens is 361 g/mol. The molecule has 1 atom stereocenters. The molecule has 136 valence electrons. The molecule has 0 aromatic heterocycles. The summed E-state index contributed by atoms with van der Waals surface area (Å²) in [5.41, 5.74) is 1.34. The number of amides is 1. The molecule has 5 nitrogen and oxygen atoms in total. The van der Waals surface area contributed by atoms with Gasteiger partial charge in [-0.1, -0.05) is 17.7 Å². The molecule has 1 amide bonds. The number of fused-ring (bicyclic) bond motifs is 1. The zero-order chi connectivity index (χ0) is 18.7. The maximum Gasteiger partial charge on any atom is 0.244 e. The van der Waals surface area contributed by atoms with Gasteiger partial charge in [0, 0.05) is 6.08 Å². The minimum atomic E-state index is -0.475. The minimum absolute atomic E-state index is 0.124. The van der Waals surface area contributed by atoms with Crippen molar-refractivity contribution < 1.29 is 23.4 Å². The highest BCUT2D eigenvalue weighted by Gasteiger charge is 2.17. The summed E-state index contributed by atoms with van der Waals surface area (Å²) in [6.45, 7) is 1.89. The molecule has 1 aliphatic rings. The first-order chi connectivity index (χ1) is 12.5. The average Bonchev–Trinajstić information content (AvgIpc) is 3.09. The van der Waals surface area contributed by atoms with E-state index < -0.39 is 5.82 Å². The van der Waals surface area contributed by atoms with Gasteiger partial charge in [-0.2, -0.15) is 0 Å². The maximum atomic E-state index is 13.8. The predicted octanol–water partition coefficient (Wildman–Crippen LogP) is 4.11. The SMILES string of the molecule is COc1ccc([C@@H](C)NC(=O)/C=C/c2cc(Cl)c3c(c2)OCO3)cc1F. The second-order valence-corrected chi connectivity index (χ2v) is 6.10. The lowest BCUT2D eigenvalue weighted by molar-refractivity contribution is -0.117. The van der Waals surface area contributed by atoms with Crippen LogP contribution in [0.4, 0.5) is 4.39 Å². The van der Waals surface area contributed by atoms with Gasteiger partial charge in [-0.05, 0) is 48.4 Å². The molecule has 26 heavy (non-hydrogen) atoms. The molecule has 0 radical (unpaired) electrons. The van der Waals surface area contributed by atoms with E-state index in [-0.39, 0.29) is 24.5 Å². The molecule has 0 bridgehead atoms. The van der Waals surface area contributed by atoms with Crippen LogP contribution in [0.1, 0.15) is 24.1 Å². The highest BCUT2D eigenvalue weighted by atomic mass is 35.5. The molecule has 7 heteroatoms. The van der Waals surface area contributed by atoms with Gasteiger partial charge in [0.15, 0.2) is 23.1 Å². The molecule has 1 heterocycles. The second-order valence-electron chi connectivity index (χ2n) is 5.69. The third-order valence-electron chi connectivity index (χ3n) is 3.91. The van der Waals surface area contributed by atoms with Crippen molar-refractivity contribution in [1.82, 2.24) is 5.32 Å². The van der Waals surface area contributed by atoms with Crippen LogP contribution in [-0.2, 0) is 4.79 Å². The van der Waals surface area contributed by atoms with E-state index in [2.05, 4.69) is 5.32 Å². The summed E-state index contributed by atoms with van der Waals surface area (Å²) in [4.78, 5) is 12.1. The summed E-state index contributed by atoms with van der Waals surface area (Å²) in [6.07, 6.45) is 2.99. The van der Waals surface area contributed by atoms with Crippen molar-refractivity contribution in [2.75, 3.05) is 13.9 Å². The number of carbonyl (C=O) groups excluding carboxylic acids is 1. The van der Waals surface area contributed by atoms with Gasteiger partial charge in [-0.25, -0.2) is 4.39 Å². The average molecular weight is 378 g/mol. The molecule has 0 aliphatic carbocycles. The van der Waals surface area contributed by atoms with Crippen LogP contribution in [0.15, 0.2) is 36.4 Å². The largest absolute Gasteiger partial charge is 0.494 e. The summed E-state index contributed by atoms with van der Waals surface area (Å²) >= 11 is 6.11. The fourth-order valence-electron chi connectivity index (χ4n) is 2.55. The zero-order valence-corrected chi connectivity index (χ0v) is 15.0. The standard InChI is InChI=1S/C19H17ClFNO4/c1-11(13-4-5-16(24-2)15(21)9-13)22-18(23)6-3-12-7-14(20)19-17(8-12)25-10-26-19/h3-9,11H,10H2,1-2H3,(H,22,23)/b6-3+/t11-/m1/s1. The predicted molar refractivity (Wildman–Crippen MR) is 96.1 cm³/mol. The topological polar surface area (TPSA) is 56.8 Å². The van der Waals surface area contributed by atoms with Crippen LogP contribution in [0.3, 0.4) is 0 Å². The highest BCUT2D eigenvalue weighted by Crippen LogP contribution is 2.40. The number of benzene rings is 2. The Balaban J connectivity index is 1.66. The van der Waals surface area contributed by atoms with Crippen LogP contribution < -0.4 is 19.5 Å². The Bertz CT molecular complexity index is 869. The van der Waals surface area contributed by atoms with Crippen molar-refractivity contribution in [2.45, 2.75) is 13.0 Å². The van der Waals surface area contributed by atoms with Gasteiger partial charge in [-0.15, -0.1) is 0 Å². The van der Waals surface area contributed by atoms with Crippen LogP contribution in [0, 0.1) is 5.82 Å². The van der Waals surface area contributed by atoms with Crippen molar-refractivity contribution in [3.63, 3.8) is 0 Å². The lowest BCUT2D eigenvalue weighted by atomic mass is 10.1. The van der Waals surface area contributed by atoms with Crippen molar-refractivity contribution in [3.8, 4) is 17.2 Å². The summed E-state index contributed by atoms with van der Waals surface area (Å²) in [7, 11) is 1.40. The molecule has 1 aliphatic heterocycles. The summed E-state index contributed by atoms with van der Waals surface area (Å²) in [5.74, 6) is 0.411. The molecule has 2 aromatic rings. The Morgan fingerprint density at radius 1 is 1.35 bits per heavy atom.